The van der Waals surface area contributed by atoms with Gasteiger partial charge in [-0.15, -0.1) is 0 Å². The van der Waals surface area contributed by atoms with Crippen molar-refractivity contribution in [2.75, 3.05) is 13.2 Å². The smallest absolute Gasteiger partial charge is 0.377 e. The Labute approximate surface area is 99.1 Å². The molecule has 0 atom stereocenters. The van der Waals surface area contributed by atoms with Crippen molar-refractivity contribution in [2.45, 2.75) is 0 Å². The fourth-order valence-corrected chi connectivity index (χ4v) is 1.92. The summed E-state index contributed by atoms with van der Waals surface area (Å²) in [6.07, 6.45) is 0. The number of carboxylic acid groups (broad SMARTS) is 1. The first-order chi connectivity index (χ1) is 7.59. The van der Waals surface area contributed by atoms with Crippen LogP contribution in [0.2, 0.25) is 0 Å². The third-order valence-corrected chi connectivity index (χ3v) is 2.64. The van der Waals surface area contributed by atoms with E-state index in [-0.39, 0.29) is 5.56 Å². The second-order valence-corrected chi connectivity index (χ2v) is 3.97. The number of benzene rings is 1. The molecule has 1 aliphatic heterocycles. The van der Waals surface area contributed by atoms with Crippen molar-refractivity contribution in [1.82, 2.24) is 0 Å². The van der Waals surface area contributed by atoms with E-state index in [0.717, 1.165) is 0 Å². The highest BCUT2D eigenvalue weighted by Crippen LogP contribution is 2.38. The van der Waals surface area contributed by atoms with Gasteiger partial charge < -0.3 is 14.6 Å². The number of Topliss-reactive ketones (excluding diaryl/α,β-unsaturated/α-hetero) is 1. The molecule has 0 aromatic heterocycles. The number of fused-ring (bicyclic) bond motifs is 1. The standard InChI is InChI=1S/C10H7BrO5/c11-6-3-5(8(12)10(13)14)4-7-9(6)16-2-1-15-7/h3-4H,1-2H2,(H,13,14). The molecule has 16 heavy (non-hydrogen) atoms. The number of ether oxygens (including phenoxy) is 2. The van der Waals surface area contributed by atoms with Gasteiger partial charge in [0.05, 0.1) is 4.47 Å². The fraction of sp³-hybridized carbons (Fsp3) is 0.200. The third-order valence-electron chi connectivity index (χ3n) is 2.05. The van der Waals surface area contributed by atoms with Gasteiger partial charge in [0.2, 0.25) is 0 Å². The largest absolute Gasteiger partial charge is 0.486 e. The molecule has 1 aliphatic rings. The lowest BCUT2D eigenvalue weighted by Gasteiger charge is -2.19. The Kier molecular flexibility index (Phi) is 2.82. The molecule has 1 aromatic rings. The molecule has 0 radical (unpaired) electrons. The predicted octanol–water partition coefficient (Wildman–Crippen LogP) is 1.49. The summed E-state index contributed by atoms with van der Waals surface area (Å²) >= 11 is 3.20. The van der Waals surface area contributed by atoms with E-state index in [9.17, 15) is 9.59 Å². The van der Waals surface area contributed by atoms with Crippen LogP contribution in [-0.2, 0) is 4.79 Å². The molecule has 0 amide bonds. The lowest BCUT2D eigenvalue weighted by atomic mass is 10.1. The molecule has 2 rings (SSSR count). The molecule has 0 saturated heterocycles. The van der Waals surface area contributed by atoms with Crippen LogP contribution in [0.1, 0.15) is 10.4 Å². The van der Waals surface area contributed by atoms with Gasteiger partial charge in [-0.3, -0.25) is 4.79 Å². The van der Waals surface area contributed by atoms with Crippen molar-refractivity contribution in [1.29, 1.82) is 0 Å². The van der Waals surface area contributed by atoms with Crippen LogP contribution in [0.3, 0.4) is 0 Å². The summed E-state index contributed by atoms with van der Waals surface area (Å²) in [5.74, 6) is -1.60. The molecule has 1 aromatic carbocycles. The van der Waals surface area contributed by atoms with Crippen molar-refractivity contribution in [2.24, 2.45) is 0 Å². The Morgan fingerprint density at radius 1 is 1.25 bits per heavy atom. The molecule has 6 heteroatoms. The number of carbonyl (C=O) groups is 2. The lowest BCUT2D eigenvalue weighted by molar-refractivity contribution is -0.131. The Morgan fingerprint density at radius 3 is 2.62 bits per heavy atom. The molecule has 84 valence electrons. The van der Waals surface area contributed by atoms with E-state index in [1.165, 1.54) is 12.1 Å². The molecule has 0 fully saturated rings. The molecule has 1 N–H and O–H groups in total. The van der Waals surface area contributed by atoms with Gasteiger partial charge in [0.25, 0.3) is 5.78 Å². The molecule has 5 nitrogen and oxygen atoms in total. The zero-order valence-corrected chi connectivity index (χ0v) is 9.61. The molecule has 0 aliphatic carbocycles. The van der Waals surface area contributed by atoms with E-state index >= 15 is 0 Å². The van der Waals surface area contributed by atoms with Crippen molar-refractivity contribution < 1.29 is 24.2 Å². The molecule has 0 unspecified atom stereocenters. The number of aliphatic carboxylic acids is 1. The first kappa shape index (κ1) is 10.9. The second kappa shape index (κ2) is 4.13. The highest BCUT2D eigenvalue weighted by molar-refractivity contribution is 9.10. The van der Waals surface area contributed by atoms with Gasteiger partial charge in [-0.1, -0.05) is 0 Å². The van der Waals surface area contributed by atoms with E-state index in [1.807, 2.05) is 0 Å². The number of ketones is 1. The van der Waals surface area contributed by atoms with E-state index in [1.54, 1.807) is 0 Å². The maximum atomic E-state index is 11.3. The van der Waals surface area contributed by atoms with Crippen molar-refractivity contribution in [3.8, 4) is 11.5 Å². The number of rotatable bonds is 2. The highest BCUT2D eigenvalue weighted by Gasteiger charge is 2.21. The summed E-state index contributed by atoms with van der Waals surface area (Å²) in [6, 6.07) is 2.78. The average molecular weight is 287 g/mol. The van der Waals surface area contributed by atoms with Crippen LogP contribution in [0.5, 0.6) is 11.5 Å². The van der Waals surface area contributed by atoms with Gasteiger partial charge >= 0.3 is 5.97 Å². The number of hydrogen-bond donors (Lipinski definition) is 1. The Morgan fingerprint density at radius 2 is 1.94 bits per heavy atom. The lowest BCUT2D eigenvalue weighted by Crippen LogP contribution is -2.18. The monoisotopic (exact) mass is 286 g/mol. The van der Waals surface area contributed by atoms with Crippen LogP contribution in [0.4, 0.5) is 0 Å². The summed E-state index contributed by atoms with van der Waals surface area (Å²) < 4.78 is 11.1. The maximum Gasteiger partial charge on any atom is 0.377 e. The van der Waals surface area contributed by atoms with Gasteiger partial charge in [-0.05, 0) is 28.1 Å². The van der Waals surface area contributed by atoms with E-state index in [0.29, 0.717) is 29.2 Å². The summed E-state index contributed by atoms with van der Waals surface area (Å²) in [7, 11) is 0. The zero-order valence-electron chi connectivity index (χ0n) is 8.03. The first-order valence-electron chi connectivity index (χ1n) is 4.46. The zero-order chi connectivity index (χ0) is 11.7. The van der Waals surface area contributed by atoms with Crippen molar-refractivity contribution in [3.05, 3.63) is 22.2 Å². The molecule has 0 bridgehead atoms. The van der Waals surface area contributed by atoms with E-state index in [4.69, 9.17) is 14.6 Å². The van der Waals surface area contributed by atoms with Gasteiger partial charge in [0, 0.05) is 5.56 Å². The van der Waals surface area contributed by atoms with Gasteiger partial charge in [0.15, 0.2) is 11.5 Å². The van der Waals surface area contributed by atoms with Crippen molar-refractivity contribution in [3.63, 3.8) is 0 Å². The van der Waals surface area contributed by atoms with Crippen LogP contribution in [-0.4, -0.2) is 30.1 Å². The Hall–Kier alpha value is -1.56. The quantitative estimate of drug-likeness (QED) is 0.659. The van der Waals surface area contributed by atoms with Gasteiger partial charge in [-0.25, -0.2) is 4.79 Å². The van der Waals surface area contributed by atoms with E-state index < -0.39 is 11.8 Å². The molecular weight excluding hydrogens is 280 g/mol. The SMILES string of the molecule is O=C(O)C(=O)c1cc(Br)c2c(c1)OCCO2. The summed E-state index contributed by atoms with van der Waals surface area (Å²) in [4.78, 5) is 21.8. The molecule has 0 spiro atoms. The predicted molar refractivity (Wildman–Crippen MR) is 57.1 cm³/mol. The number of halogens is 1. The molecule has 0 saturated carbocycles. The maximum absolute atomic E-state index is 11.3. The van der Waals surface area contributed by atoms with Crippen LogP contribution >= 0.6 is 15.9 Å². The first-order valence-corrected chi connectivity index (χ1v) is 5.25. The third kappa shape index (κ3) is 1.88. The minimum absolute atomic E-state index is 0.0589. The normalized spacial score (nSPS) is 13.3. The molecule has 1 heterocycles. The van der Waals surface area contributed by atoms with Crippen LogP contribution in [0, 0.1) is 0 Å². The van der Waals surface area contributed by atoms with Crippen LogP contribution in [0.25, 0.3) is 0 Å². The number of carbonyl (C=O) groups excluding carboxylic acids is 1. The second-order valence-electron chi connectivity index (χ2n) is 3.12. The summed E-state index contributed by atoms with van der Waals surface area (Å²) in [6.45, 7) is 0.808. The summed E-state index contributed by atoms with van der Waals surface area (Å²) in [5, 5.41) is 8.59. The molecular formula is C10H7BrO5. The van der Waals surface area contributed by atoms with E-state index in [2.05, 4.69) is 15.9 Å². The minimum Gasteiger partial charge on any atom is -0.486 e. The Balaban J connectivity index is 2.47. The fourth-order valence-electron chi connectivity index (χ4n) is 1.37. The number of hydrogen-bond acceptors (Lipinski definition) is 4. The number of carboxylic acids is 1. The van der Waals surface area contributed by atoms with Crippen LogP contribution < -0.4 is 9.47 Å². The van der Waals surface area contributed by atoms with Crippen molar-refractivity contribution >= 4 is 27.7 Å². The van der Waals surface area contributed by atoms with Gasteiger partial charge in [-0.2, -0.15) is 0 Å². The van der Waals surface area contributed by atoms with Crippen LogP contribution in [0.15, 0.2) is 16.6 Å². The minimum atomic E-state index is -1.50. The Bertz CT molecular complexity index is 469. The van der Waals surface area contributed by atoms with Gasteiger partial charge in [0.1, 0.15) is 13.2 Å². The summed E-state index contributed by atoms with van der Waals surface area (Å²) in [5.41, 5.74) is 0.0589. The highest BCUT2D eigenvalue weighted by atomic mass is 79.9. The topological polar surface area (TPSA) is 72.8 Å². The average Bonchev–Trinajstić information content (AvgIpc) is 2.28.